The lowest BCUT2D eigenvalue weighted by Gasteiger charge is -2.23. The summed E-state index contributed by atoms with van der Waals surface area (Å²) in [6.07, 6.45) is 1.64. The molecule has 0 saturated carbocycles. The monoisotopic (exact) mass is 298 g/mol. The molecule has 0 saturated heterocycles. The summed E-state index contributed by atoms with van der Waals surface area (Å²) in [5.74, 6) is 1.00. The molecule has 0 spiro atoms. The number of nitrogens with zero attached hydrogens (tertiary/aromatic N) is 3. The van der Waals surface area contributed by atoms with Crippen molar-refractivity contribution in [1.29, 1.82) is 0 Å². The zero-order valence-corrected chi connectivity index (χ0v) is 12.8. The van der Waals surface area contributed by atoms with Gasteiger partial charge in [-0.1, -0.05) is 24.3 Å². The smallest absolute Gasteiger partial charge is 0.150 e. The Morgan fingerprint density at radius 3 is 2.71 bits per heavy atom. The Hall–Kier alpha value is -1.98. The van der Waals surface area contributed by atoms with Crippen molar-refractivity contribution in [2.75, 3.05) is 11.4 Å². The highest BCUT2D eigenvalue weighted by Gasteiger charge is 2.13. The quantitative estimate of drug-likeness (QED) is 0.786. The fraction of sp³-hybridized carbons (Fsp3) is 0.250. The van der Waals surface area contributed by atoms with E-state index in [0.717, 1.165) is 29.1 Å². The highest BCUT2D eigenvalue weighted by Crippen LogP contribution is 2.29. The van der Waals surface area contributed by atoms with Gasteiger partial charge in [0.2, 0.25) is 0 Å². The van der Waals surface area contributed by atoms with Crippen LogP contribution in [-0.2, 0) is 13.1 Å². The number of hydrogen-bond acceptors (Lipinski definition) is 5. The average molecular weight is 298 g/mol. The number of aromatic nitrogens is 2. The van der Waals surface area contributed by atoms with E-state index < -0.39 is 0 Å². The maximum Gasteiger partial charge on any atom is 0.150 e. The van der Waals surface area contributed by atoms with E-state index in [0.29, 0.717) is 6.54 Å². The van der Waals surface area contributed by atoms with Crippen LogP contribution in [0.5, 0.6) is 0 Å². The first-order valence-corrected chi connectivity index (χ1v) is 7.91. The first kappa shape index (κ1) is 14.0. The zero-order chi connectivity index (χ0) is 14.7. The molecule has 2 N–H and O–H groups in total. The molecular formula is C16H18N4S. The number of benzene rings is 1. The topological polar surface area (TPSA) is 55.0 Å². The lowest BCUT2D eigenvalue weighted by molar-refractivity contribution is 0.806. The van der Waals surface area contributed by atoms with Crippen molar-refractivity contribution in [3.63, 3.8) is 0 Å². The summed E-state index contributed by atoms with van der Waals surface area (Å²) in [7, 11) is 0. The van der Waals surface area contributed by atoms with Crippen LogP contribution >= 0.6 is 11.3 Å². The molecule has 0 atom stereocenters. The van der Waals surface area contributed by atoms with E-state index in [1.165, 1.54) is 11.1 Å². The van der Waals surface area contributed by atoms with E-state index in [1.807, 2.05) is 12.1 Å². The van der Waals surface area contributed by atoms with Crippen LogP contribution in [0.3, 0.4) is 0 Å². The minimum absolute atomic E-state index is 0.561. The van der Waals surface area contributed by atoms with Gasteiger partial charge in [-0.25, -0.2) is 9.97 Å². The molecular weight excluding hydrogens is 280 g/mol. The number of nitrogens with two attached hydrogens (primary N) is 1. The maximum absolute atomic E-state index is 5.84. The molecule has 3 rings (SSSR count). The van der Waals surface area contributed by atoms with Gasteiger partial charge in [-0.3, -0.25) is 0 Å². The van der Waals surface area contributed by atoms with Gasteiger partial charge in [0, 0.05) is 19.6 Å². The number of rotatable bonds is 5. The molecule has 0 amide bonds. The molecule has 0 aliphatic carbocycles. The summed E-state index contributed by atoms with van der Waals surface area (Å²) in [6.45, 7) is 4.41. The second-order valence-electron chi connectivity index (χ2n) is 4.82. The van der Waals surface area contributed by atoms with E-state index in [-0.39, 0.29) is 0 Å². The molecule has 0 fully saturated rings. The Kier molecular flexibility index (Phi) is 4.13. The van der Waals surface area contributed by atoms with Crippen molar-refractivity contribution in [1.82, 2.24) is 9.97 Å². The molecule has 3 aromatic rings. The molecule has 108 valence electrons. The fourth-order valence-corrected chi connectivity index (χ4v) is 3.32. The van der Waals surface area contributed by atoms with Crippen LogP contribution in [0.25, 0.3) is 10.2 Å². The minimum atomic E-state index is 0.561. The van der Waals surface area contributed by atoms with Crippen molar-refractivity contribution >= 4 is 27.4 Å². The highest BCUT2D eigenvalue weighted by molar-refractivity contribution is 7.17. The zero-order valence-electron chi connectivity index (χ0n) is 12.0. The SMILES string of the molecule is CCN(Cc1ccccc1CN)c1ncnc2ccsc12. The van der Waals surface area contributed by atoms with E-state index >= 15 is 0 Å². The third-order valence-electron chi connectivity index (χ3n) is 3.61. The Balaban J connectivity index is 1.97. The van der Waals surface area contributed by atoms with Crippen LogP contribution in [0.4, 0.5) is 5.82 Å². The van der Waals surface area contributed by atoms with Crippen molar-refractivity contribution in [3.05, 3.63) is 53.2 Å². The van der Waals surface area contributed by atoms with Gasteiger partial charge in [0.15, 0.2) is 0 Å². The predicted molar refractivity (Wildman–Crippen MR) is 88.5 cm³/mol. The number of anilines is 1. The summed E-state index contributed by atoms with van der Waals surface area (Å²) < 4.78 is 1.14. The molecule has 0 unspecified atom stereocenters. The summed E-state index contributed by atoms with van der Waals surface area (Å²) in [4.78, 5) is 11.1. The van der Waals surface area contributed by atoms with Crippen LogP contribution in [-0.4, -0.2) is 16.5 Å². The summed E-state index contributed by atoms with van der Waals surface area (Å²) in [5, 5.41) is 2.06. The lowest BCUT2D eigenvalue weighted by Crippen LogP contribution is -2.24. The standard InChI is InChI=1S/C16H18N4S/c1-2-20(10-13-6-4-3-5-12(13)9-17)16-15-14(7-8-21-15)18-11-19-16/h3-8,11H,2,9-10,17H2,1H3. The summed E-state index contributed by atoms with van der Waals surface area (Å²) in [6, 6.07) is 10.3. The fourth-order valence-electron chi connectivity index (χ4n) is 2.45. The van der Waals surface area contributed by atoms with E-state index in [2.05, 4.69) is 45.4 Å². The first-order chi connectivity index (χ1) is 10.3. The van der Waals surface area contributed by atoms with Gasteiger partial charge >= 0.3 is 0 Å². The summed E-state index contributed by atoms with van der Waals surface area (Å²) in [5.41, 5.74) is 9.29. The van der Waals surface area contributed by atoms with E-state index in [9.17, 15) is 0 Å². The van der Waals surface area contributed by atoms with Gasteiger partial charge in [0.05, 0.1) is 10.2 Å². The van der Waals surface area contributed by atoms with Crippen molar-refractivity contribution in [3.8, 4) is 0 Å². The van der Waals surface area contributed by atoms with Gasteiger partial charge in [-0.15, -0.1) is 11.3 Å². The molecule has 1 aromatic carbocycles. The van der Waals surface area contributed by atoms with E-state index in [4.69, 9.17) is 5.73 Å². The first-order valence-electron chi connectivity index (χ1n) is 7.03. The summed E-state index contributed by atoms with van der Waals surface area (Å²) >= 11 is 1.69. The number of fused-ring (bicyclic) bond motifs is 1. The van der Waals surface area contributed by atoms with Gasteiger partial charge in [-0.2, -0.15) is 0 Å². The van der Waals surface area contributed by atoms with Crippen molar-refractivity contribution in [2.24, 2.45) is 5.73 Å². The number of hydrogen-bond donors (Lipinski definition) is 1. The molecule has 0 aliphatic heterocycles. The van der Waals surface area contributed by atoms with Crippen LogP contribution < -0.4 is 10.6 Å². The third-order valence-corrected chi connectivity index (χ3v) is 4.50. The Labute approximate surface area is 128 Å². The largest absolute Gasteiger partial charge is 0.351 e. The lowest BCUT2D eigenvalue weighted by atomic mass is 10.1. The van der Waals surface area contributed by atoms with Gasteiger partial charge < -0.3 is 10.6 Å². The average Bonchev–Trinajstić information content (AvgIpc) is 3.01. The number of thiophene rings is 1. The van der Waals surface area contributed by atoms with Gasteiger partial charge in [-0.05, 0) is 29.5 Å². The molecule has 5 heteroatoms. The third kappa shape index (κ3) is 2.75. The van der Waals surface area contributed by atoms with Crippen LogP contribution in [0.1, 0.15) is 18.1 Å². The second kappa shape index (κ2) is 6.20. The van der Waals surface area contributed by atoms with Crippen LogP contribution in [0.15, 0.2) is 42.0 Å². The van der Waals surface area contributed by atoms with Gasteiger partial charge in [0.1, 0.15) is 12.1 Å². The molecule has 4 nitrogen and oxygen atoms in total. The Morgan fingerprint density at radius 2 is 1.95 bits per heavy atom. The molecule has 0 aliphatic rings. The maximum atomic E-state index is 5.84. The van der Waals surface area contributed by atoms with Crippen molar-refractivity contribution < 1.29 is 0 Å². The minimum Gasteiger partial charge on any atom is -0.351 e. The molecule has 2 heterocycles. The van der Waals surface area contributed by atoms with Crippen LogP contribution in [0.2, 0.25) is 0 Å². The van der Waals surface area contributed by atoms with Gasteiger partial charge in [0.25, 0.3) is 0 Å². The second-order valence-corrected chi connectivity index (χ2v) is 5.74. The normalized spacial score (nSPS) is 11.0. The highest BCUT2D eigenvalue weighted by atomic mass is 32.1. The van der Waals surface area contributed by atoms with Crippen molar-refractivity contribution in [2.45, 2.75) is 20.0 Å². The Bertz CT molecular complexity index is 738. The molecule has 0 radical (unpaired) electrons. The Morgan fingerprint density at radius 1 is 1.14 bits per heavy atom. The molecule has 0 bridgehead atoms. The van der Waals surface area contributed by atoms with E-state index in [1.54, 1.807) is 17.7 Å². The van der Waals surface area contributed by atoms with Crippen LogP contribution in [0, 0.1) is 0 Å². The molecule has 21 heavy (non-hydrogen) atoms. The predicted octanol–water partition coefficient (Wildman–Crippen LogP) is 3.18. The molecule has 2 aromatic heterocycles.